The Morgan fingerprint density at radius 3 is 2.02 bits per heavy atom. The number of ether oxygens (including phenoxy) is 2. The number of nitrogens with one attached hydrogen (secondary N) is 2. The van der Waals surface area contributed by atoms with Crippen molar-refractivity contribution in [2.45, 2.75) is 181 Å². The van der Waals surface area contributed by atoms with Crippen LogP contribution in [-0.2, 0) is 23.9 Å². The maximum atomic E-state index is 13.7. The minimum absolute atomic E-state index is 0.0699. The van der Waals surface area contributed by atoms with Gasteiger partial charge in [-0.15, -0.1) is 0 Å². The second-order valence-electron chi connectivity index (χ2n) is 15.8. The van der Waals surface area contributed by atoms with E-state index in [2.05, 4.69) is 29.7 Å². The number of amides is 2. The van der Waals surface area contributed by atoms with Gasteiger partial charge in [0.2, 0.25) is 11.8 Å². The predicted octanol–water partition coefficient (Wildman–Crippen LogP) is 8.47. The number of carbonyl (C=O) groups is 3. The first kappa shape index (κ1) is 40.2. The third kappa shape index (κ3) is 13.3. The Hall–Kier alpha value is -1.93. The highest BCUT2D eigenvalue weighted by atomic mass is 16.7. The number of carboxylic acid groups (broad SMARTS) is 1. The molecular formula is C38H68N2O6. The summed E-state index contributed by atoms with van der Waals surface area (Å²) >= 11 is 0. The molecule has 2 rings (SSSR count). The van der Waals surface area contributed by atoms with Gasteiger partial charge in [-0.1, -0.05) is 117 Å². The monoisotopic (exact) mass is 649 g/mol. The highest BCUT2D eigenvalue weighted by Crippen LogP contribution is 2.38. The van der Waals surface area contributed by atoms with Crippen LogP contribution in [0.25, 0.3) is 0 Å². The molecule has 8 nitrogen and oxygen atoms in total. The van der Waals surface area contributed by atoms with Crippen LogP contribution in [0.2, 0.25) is 0 Å². The van der Waals surface area contributed by atoms with Crippen LogP contribution in [0.1, 0.15) is 164 Å². The fourth-order valence-electron chi connectivity index (χ4n) is 6.85. The molecule has 1 saturated heterocycles. The van der Waals surface area contributed by atoms with E-state index in [1.165, 1.54) is 51.4 Å². The number of carbonyl (C=O) groups excluding carboxylic acids is 2. The minimum atomic E-state index is -1.01. The van der Waals surface area contributed by atoms with Gasteiger partial charge in [0.1, 0.15) is 6.10 Å². The Morgan fingerprint density at radius 2 is 1.43 bits per heavy atom. The van der Waals surface area contributed by atoms with Crippen molar-refractivity contribution >= 4 is 17.8 Å². The number of allylic oxidation sites excluding steroid dienone is 2. The average molecular weight is 649 g/mol. The van der Waals surface area contributed by atoms with Gasteiger partial charge < -0.3 is 25.2 Å². The van der Waals surface area contributed by atoms with Crippen molar-refractivity contribution in [3.63, 3.8) is 0 Å². The number of carboxylic acids is 1. The summed E-state index contributed by atoms with van der Waals surface area (Å²) in [5.74, 6) is -3.30. The van der Waals surface area contributed by atoms with E-state index in [0.29, 0.717) is 19.4 Å². The topological polar surface area (TPSA) is 114 Å². The van der Waals surface area contributed by atoms with E-state index >= 15 is 0 Å². The van der Waals surface area contributed by atoms with Crippen LogP contribution < -0.4 is 10.6 Å². The first-order valence-corrected chi connectivity index (χ1v) is 18.5. The molecule has 0 spiro atoms. The van der Waals surface area contributed by atoms with Crippen molar-refractivity contribution in [1.29, 1.82) is 0 Å². The molecule has 0 aromatic rings. The molecule has 2 fully saturated rings. The lowest BCUT2D eigenvalue weighted by Crippen LogP contribution is -2.63. The van der Waals surface area contributed by atoms with E-state index in [4.69, 9.17) is 9.47 Å². The number of rotatable bonds is 21. The van der Waals surface area contributed by atoms with Gasteiger partial charge in [-0.2, -0.15) is 0 Å². The zero-order valence-corrected chi connectivity index (χ0v) is 30.4. The number of aliphatic carboxylic acids is 1. The van der Waals surface area contributed by atoms with Crippen molar-refractivity contribution in [2.24, 2.45) is 16.7 Å². The Morgan fingerprint density at radius 1 is 0.870 bits per heavy atom. The highest BCUT2D eigenvalue weighted by molar-refractivity contribution is 5.85. The molecule has 1 aliphatic carbocycles. The van der Waals surface area contributed by atoms with Crippen molar-refractivity contribution < 1.29 is 29.0 Å². The van der Waals surface area contributed by atoms with Gasteiger partial charge in [0.05, 0.1) is 18.1 Å². The molecule has 0 bridgehead atoms. The van der Waals surface area contributed by atoms with E-state index in [-0.39, 0.29) is 18.4 Å². The second-order valence-corrected chi connectivity index (χ2v) is 15.8. The molecule has 2 aliphatic rings. The number of unbranched alkanes of at least 4 members (excludes halogenated alkanes) is 10. The molecule has 2 atom stereocenters. The SMILES string of the molecule is CCCCCCCC/C=C\CCCCCCC(C)(C)C(=O)NC1(C(CNC(=O)C2OC(C)(C)OCC2(C)C)C(=O)O)CCCCC1. The van der Waals surface area contributed by atoms with Gasteiger partial charge in [-0.05, 0) is 58.8 Å². The van der Waals surface area contributed by atoms with E-state index < -0.39 is 40.1 Å². The lowest BCUT2D eigenvalue weighted by Gasteiger charge is -2.46. The van der Waals surface area contributed by atoms with E-state index in [1.807, 2.05) is 27.7 Å². The van der Waals surface area contributed by atoms with Crippen LogP contribution in [0, 0.1) is 16.7 Å². The molecule has 8 heteroatoms. The zero-order valence-electron chi connectivity index (χ0n) is 30.4. The minimum Gasteiger partial charge on any atom is -0.481 e. The summed E-state index contributed by atoms with van der Waals surface area (Å²) in [7, 11) is 0. The Bertz CT molecular complexity index is 966. The van der Waals surface area contributed by atoms with Gasteiger partial charge in [0, 0.05) is 17.4 Å². The van der Waals surface area contributed by atoms with Crippen molar-refractivity contribution in [1.82, 2.24) is 10.6 Å². The molecule has 266 valence electrons. The fraction of sp³-hybridized carbons (Fsp3) is 0.868. The molecule has 1 heterocycles. The van der Waals surface area contributed by atoms with Crippen molar-refractivity contribution in [2.75, 3.05) is 13.2 Å². The summed E-state index contributed by atoms with van der Waals surface area (Å²) in [4.78, 5) is 39.8. The molecule has 2 unspecified atom stereocenters. The first-order valence-electron chi connectivity index (χ1n) is 18.5. The molecule has 0 radical (unpaired) electrons. The van der Waals surface area contributed by atoms with Gasteiger partial charge >= 0.3 is 5.97 Å². The average Bonchev–Trinajstić information content (AvgIpc) is 2.99. The van der Waals surface area contributed by atoms with Gasteiger partial charge in [-0.3, -0.25) is 14.4 Å². The fourth-order valence-corrected chi connectivity index (χ4v) is 6.85. The van der Waals surface area contributed by atoms with E-state index in [1.54, 1.807) is 13.8 Å². The van der Waals surface area contributed by atoms with E-state index in [9.17, 15) is 19.5 Å². The zero-order chi connectivity index (χ0) is 34.3. The van der Waals surface area contributed by atoms with Crippen LogP contribution in [0.4, 0.5) is 0 Å². The first-order chi connectivity index (χ1) is 21.7. The lowest BCUT2D eigenvalue weighted by atomic mass is 9.71. The van der Waals surface area contributed by atoms with Crippen LogP contribution in [0.3, 0.4) is 0 Å². The summed E-state index contributed by atoms with van der Waals surface area (Å²) in [6.45, 7) is 13.8. The Kier molecular flexibility index (Phi) is 16.8. The van der Waals surface area contributed by atoms with Crippen LogP contribution in [0.15, 0.2) is 12.2 Å². The smallest absolute Gasteiger partial charge is 0.310 e. The maximum absolute atomic E-state index is 13.7. The standard InChI is InChI=1S/C38H68N2O6/c1-8-9-10-11-12-13-14-15-16-17-18-19-20-22-25-35(2,3)34(44)40-38(26-23-21-24-27-38)30(33(42)43)28-39-32(41)31-36(4,5)29-45-37(6,7)46-31/h15-16,30-31H,8-14,17-29H2,1-7H3,(H,39,41)(H,40,44)(H,42,43)/b16-15-. The summed E-state index contributed by atoms with van der Waals surface area (Å²) < 4.78 is 11.7. The van der Waals surface area contributed by atoms with Crippen LogP contribution in [-0.4, -0.2) is 53.5 Å². The molecule has 0 aromatic carbocycles. The highest BCUT2D eigenvalue weighted by Gasteiger charge is 2.49. The Balaban J connectivity index is 1.87. The lowest BCUT2D eigenvalue weighted by molar-refractivity contribution is -0.304. The molecule has 1 aliphatic heterocycles. The number of hydrogen-bond acceptors (Lipinski definition) is 5. The molecule has 3 N–H and O–H groups in total. The summed E-state index contributed by atoms with van der Waals surface area (Å²) in [5, 5.41) is 16.5. The molecule has 2 amide bonds. The molecular weight excluding hydrogens is 580 g/mol. The third-order valence-electron chi connectivity index (χ3n) is 10.1. The molecule has 1 saturated carbocycles. The van der Waals surface area contributed by atoms with Gasteiger partial charge in [0.15, 0.2) is 5.79 Å². The molecule has 0 aromatic heterocycles. The summed E-state index contributed by atoms with van der Waals surface area (Å²) in [6, 6.07) is 0. The molecule has 46 heavy (non-hydrogen) atoms. The predicted molar refractivity (Wildman–Crippen MR) is 185 cm³/mol. The van der Waals surface area contributed by atoms with Crippen LogP contribution >= 0.6 is 0 Å². The van der Waals surface area contributed by atoms with Crippen molar-refractivity contribution in [3.8, 4) is 0 Å². The number of hydrogen-bond donors (Lipinski definition) is 3. The van der Waals surface area contributed by atoms with E-state index in [0.717, 1.165) is 51.4 Å². The quantitative estimate of drug-likeness (QED) is 0.0850. The Labute approximate surface area is 280 Å². The maximum Gasteiger partial charge on any atom is 0.310 e. The van der Waals surface area contributed by atoms with Crippen molar-refractivity contribution in [3.05, 3.63) is 12.2 Å². The second kappa shape index (κ2) is 19.2. The van der Waals surface area contributed by atoms with Crippen LogP contribution in [0.5, 0.6) is 0 Å². The summed E-state index contributed by atoms with van der Waals surface area (Å²) in [5.41, 5.74) is -2.08. The van der Waals surface area contributed by atoms with Gasteiger partial charge in [0.25, 0.3) is 0 Å². The normalized spacial score (nSPS) is 21.5. The third-order valence-corrected chi connectivity index (χ3v) is 10.1. The summed E-state index contributed by atoms with van der Waals surface area (Å²) in [6.07, 6.45) is 23.2. The largest absolute Gasteiger partial charge is 0.481 e. The van der Waals surface area contributed by atoms with Gasteiger partial charge in [-0.25, -0.2) is 0 Å².